The lowest BCUT2D eigenvalue weighted by molar-refractivity contribution is -0.140. The van der Waals surface area contributed by atoms with Crippen molar-refractivity contribution in [2.24, 2.45) is 22.8 Å². The molecule has 4 atom stereocenters. The number of anilines is 2. The predicted molar refractivity (Wildman–Crippen MR) is 267 cm³/mol. The van der Waals surface area contributed by atoms with Crippen LogP contribution in [0.2, 0.25) is 0 Å². The Labute approximate surface area is 421 Å². The third-order valence-corrected chi connectivity index (χ3v) is 11.8. The Balaban J connectivity index is 1.21. The van der Waals surface area contributed by atoms with Crippen LogP contribution in [0.15, 0.2) is 91.1 Å². The molecule has 1 unspecified atom stereocenters. The fourth-order valence-corrected chi connectivity index (χ4v) is 8.11. The summed E-state index contributed by atoms with van der Waals surface area (Å²) in [5.74, 6) is -5.88. The number of nitrogens with one attached hydrogen (secondary N) is 5. The number of hydrogen-bond donors (Lipinski definition) is 8. The molecule has 3 aromatic carbocycles. The summed E-state index contributed by atoms with van der Waals surface area (Å²) < 4.78 is 31.3. The maximum atomic E-state index is 15.1. The number of aromatic nitrogens is 2. The van der Waals surface area contributed by atoms with Gasteiger partial charge in [0.1, 0.15) is 36.1 Å². The Morgan fingerprint density at radius 2 is 1.51 bits per heavy atom. The number of nitrogens with zero attached hydrogens (tertiary/aromatic N) is 4. The minimum absolute atomic E-state index is 0.0452. The zero-order valence-corrected chi connectivity index (χ0v) is 41.3. The molecule has 0 saturated carbocycles. The summed E-state index contributed by atoms with van der Waals surface area (Å²) >= 11 is 0. The Morgan fingerprint density at radius 1 is 0.836 bits per heavy atom. The van der Waals surface area contributed by atoms with Crippen LogP contribution in [0.1, 0.15) is 77.7 Å². The fourth-order valence-electron chi connectivity index (χ4n) is 8.11. The van der Waals surface area contributed by atoms with Gasteiger partial charge in [0.2, 0.25) is 29.5 Å². The third-order valence-electron chi connectivity index (χ3n) is 11.8. The van der Waals surface area contributed by atoms with Crippen LogP contribution in [-0.4, -0.2) is 111 Å². The number of aliphatic hydroxyl groups is 1. The highest BCUT2D eigenvalue weighted by Crippen LogP contribution is 2.39. The van der Waals surface area contributed by atoms with Gasteiger partial charge in [0.15, 0.2) is 0 Å². The Bertz CT molecular complexity index is 2650. The van der Waals surface area contributed by atoms with Crippen molar-refractivity contribution in [3.63, 3.8) is 0 Å². The van der Waals surface area contributed by atoms with Crippen LogP contribution in [0.3, 0.4) is 0 Å². The first-order valence-electron chi connectivity index (χ1n) is 23.7. The van der Waals surface area contributed by atoms with Gasteiger partial charge in [-0.2, -0.15) is 0 Å². The van der Waals surface area contributed by atoms with Crippen LogP contribution < -0.4 is 43.0 Å². The van der Waals surface area contributed by atoms with Crippen LogP contribution >= 0.6 is 0 Å². The van der Waals surface area contributed by atoms with Crippen LogP contribution in [0.4, 0.5) is 25.0 Å². The van der Waals surface area contributed by atoms with E-state index in [-0.39, 0.29) is 74.5 Å². The van der Waals surface area contributed by atoms with Gasteiger partial charge in [0, 0.05) is 62.2 Å². The molecular formula is C51H63F2N11O9. The minimum atomic E-state index is -1.21. The monoisotopic (exact) mass is 1010 g/mol. The van der Waals surface area contributed by atoms with Gasteiger partial charge in [-0.1, -0.05) is 65.0 Å². The zero-order chi connectivity index (χ0) is 53.6. The van der Waals surface area contributed by atoms with E-state index in [0.29, 0.717) is 5.82 Å². The Hall–Kier alpha value is -7.85. The molecule has 1 aliphatic rings. The first-order valence-corrected chi connectivity index (χ1v) is 23.7. The summed E-state index contributed by atoms with van der Waals surface area (Å²) in [5, 5.41) is 23.3. The summed E-state index contributed by atoms with van der Waals surface area (Å²) in [4.78, 5) is 110. The highest BCUT2D eigenvalue weighted by atomic mass is 19.1. The van der Waals surface area contributed by atoms with Gasteiger partial charge in [-0.05, 0) is 78.6 Å². The molecule has 390 valence electrons. The van der Waals surface area contributed by atoms with Gasteiger partial charge in [-0.25, -0.2) is 23.5 Å². The number of carbonyl (C=O) groups excluding carboxylic acids is 8. The van der Waals surface area contributed by atoms with E-state index >= 15 is 4.39 Å². The van der Waals surface area contributed by atoms with Gasteiger partial charge >= 0.3 is 6.03 Å². The lowest BCUT2D eigenvalue weighted by atomic mass is 9.84. The summed E-state index contributed by atoms with van der Waals surface area (Å²) in [7, 11) is 0. The van der Waals surface area contributed by atoms with Gasteiger partial charge in [-0.3, -0.25) is 33.6 Å². The van der Waals surface area contributed by atoms with Crippen LogP contribution in [-0.2, 0) is 40.1 Å². The van der Waals surface area contributed by atoms with E-state index in [1.54, 1.807) is 24.6 Å². The van der Waals surface area contributed by atoms with Crippen molar-refractivity contribution >= 4 is 58.8 Å². The SMILES string of the molecule is CC(C)C(NC(=O)CCNC(=O)[C@@H](N)CCN(C(=O)CO)[C@@H](c1nc(-c2cc(F)ccc2F)cn1Cc1ccccc1)C(C)(C)C)C(=O)N[C@@H](CCCNC(N)=O)C(=O)Nc1ccc(N2C(=O)C=CC2=O)cc1. The zero-order valence-electron chi connectivity index (χ0n) is 41.3. The molecule has 2 heterocycles. The molecule has 22 heteroatoms. The van der Waals surface area contributed by atoms with Gasteiger partial charge in [0.05, 0.1) is 23.5 Å². The van der Waals surface area contributed by atoms with Crippen molar-refractivity contribution in [3.8, 4) is 11.3 Å². The first kappa shape index (κ1) is 56.1. The number of primary amides is 1. The van der Waals surface area contributed by atoms with E-state index in [4.69, 9.17) is 16.5 Å². The van der Waals surface area contributed by atoms with Crippen molar-refractivity contribution in [2.75, 3.05) is 36.5 Å². The number of hydrogen-bond acceptors (Lipinski definition) is 11. The van der Waals surface area contributed by atoms with Gasteiger partial charge < -0.3 is 52.6 Å². The molecule has 10 N–H and O–H groups in total. The number of nitrogens with two attached hydrogens (primary N) is 2. The van der Waals surface area contributed by atoms with Gasteiger partial charge in [0.25, 0.3) is 11.8 Å². The molecule has 73 heavy (non-hydrogen) atoms. The van der Waals surface area contributed by atoms with Crippen molar-refractivity contribution in [1.29, 1.82) is 0 Å². The van der Waals surface area contributed by atoms with E-state index in [2.05, 4.69) is 26.6 Å². The van der Waals surface area contributed by atoms with E-state index < -0.39 is 101 Å². The Kier molecular flexibility index (Phi) is 19.6. The number of rotatable bonds is 24. The Morgan fingerprint density at radius 3 is 2.12 bits per heavy atom. The van der Waals surface area contributed by atoms with Crippen molar-refractivity contribution in [1.82, 2.24) is 35.7 Å². The molecule has 1 aromatic heterocycles. The van der Waals surface area contributed by atoms with Crippen molar-refractivity contribution in [3.05, 3.63) is 114 Å². The quantitative estimate of drug-likeness (QED) is 0.0373. The lowest BCUT2D eigenvalue weighted by Gasteiger charge is -2.40. The lowest BCUT2D eigenvalue weighted by Crippen LogP contribution is -2.55. The molecule has 0 bridgehead atoms. The van der Waals surface area contributed by atoms with Crippen LogP contribution in [0.25, 0.3) is 11.3 Å². The van der Waals surface area contributed by atoms with E-state index in [0.717, 1.165) is 40.8 Å². The molecule has 0 saturated heterocycles. The summed E-state index contributed by atoms with van der Waals surface area (Å²) in [6, 6.07) is 13.0. The number of imidazole rings is 1. The number of urea groups is 1. The molecule has 0 radical (unpaired) electrons. The standard InChI is InChI=1S/C51H63F2N11O9/c1-30(2)44(49(72)60-38(12-9-23-57-50(55)73)48(71)58-33-14-16-34(17-15-33)64-41(67)19-20-42(64)68)61-40(66)21-24-56-47(70)37(54)22-25-63(43(69)29-65)45(51(3,4)5)46-59-39(35-26-32(52)13-18-36(35)53)28-62(46)27-31-10-7-6-8-11-31/h6-8,10-11,13-20,26,28,30,37-38,44-45,65H,9,12,21-25,27,29,54H2,1-5H3,(H,56,70)(H,58,71)(H,60,72)(H,61,66)(H3,55,57,73)/t37-,38-,44?,45-/m0/s1. The molecule has 0 fully saturated rings. The molecule has 9 amide bonds. The fraction of sp³-hybridized carbons (Fsp3) is 0.392. The highest BCUT2D eigenvalue weighted by Gasteiger charge is 2.39. The smallest absolute Gasteiger partial charge is 0.312 e. The molecule has 4 aromatic rings. The second-order valence-electron chi connectivity index (χ2n) is 18.8. The second kappa shape index (κ2) is 25.5. The van der Waals surface area contributed by atoms with Crippen LogP contribution in [0, 0.1) is 23.0 Å². The average Bonchev–Trinajstić information content (AvgIpc) is 3.90. The maximum Gasteiger partial charge on any atom is 0.312 e. The average molecular weight is 1010 g/mol. The van der Waals surface area contributed by atoms with Gasteiger partial charge in [-0.15, -0.1) is 0 Å². The molecule has 20 nitrogen and oxygen atoms in total. The van der Waals surface area contributed by atoms with E-state index in [1.165, 1.54) is 29.2 Å². The highest BCUT2D eigenvalue weighted by molar-refractivity contribution is 6.28. The van der Waals surface area contributed by atoms with Crippen LogP contribution in [0.5, 0.6) is 0 Å². The summed E-state index contributed by atoms with van der Waals surface area (Å²) in [6.07, 6.45) is 3.74. The van der Waals surface area contributed by atoms with Crippen molar-refractivity contribution < 1.29 is 52.2 Å². The summed E-state index contributed by atoms with van der Waals surface area (Å²) in [6.45, 7) is 8.00. The molecular weight excluding hydrogens is 949 g/mol. The number of benzene rings is 3. The van der Waals surface area contributed by atoms with Crippen molar-refractivity contribution in [2.45, 2.75) is 91.0 Å². The first-order chi connectivity index (χ1) is 34.6. The molecule has 0 spiro atoms. The molecule has 5 rings (SSSR count). The largest absolute Gasteiger partial charge is 0.387 e. The van der Waals surface area contributed by atoms with E-state index in [1.807, 2.05) is 51.1 Å². The molecule has 1 aliphatic heterocycles. The number of halogens is 2. The third kappa shape index (κ3) is 15.6. The predicted octanol–water partition coefficient (Wildman–Crippen LogP) is 3.15. The number of amides is 9. The normalized spacial score (nSPS) is 14.0. The van der Waals surface area contributed by atoms with E-state index in [9.17, 15) is 47.9 Å². The summed E-state index contributed by atoms with van der Waals surface area (Å²) in [5.41, 5.74) is 12.2. The number of aliphatic hydroxyl groups excluding tert-OH is 1. The minimum Gasteiger partial charge on any atom is -0.387 e. The number of imide groups is 1. The number of carbonyl (C=O) groups is 8. The maximum absolute atomic E-state index is 15.1. The second-order valence-corrected chi connectivity index (χ2v) is 18.8. The molecule has 0 aliphatic carbocycles. The topological polar surface area (TPSA) is 293 Å².